The Morgan fingerprint density at radius 2 is 1.70 bits per heavy atom. The number of hydrogen-bond donors (Lipinski definition) is 1. The highest BCUT2D eigenvalue weighted by Crippen LogP contribution is 2.23. The summed E-state index contributed by atoms with van der Waals surface area (Å²) in [5, 5.41) is 2.73. The Hall–Kier alpha value is -2.73. The molecular weight excluding hydrogens is 358 g/mol. The summed E-state index contributed by atoms with van der Waals surface area (Å²) in [5.41, 5.74) is 2.81. The molecule has 0 aliphatic heterocycles. The largest absolute Gasteiger partial charge is 0.364 e. The van der Waals surface area contributed by atoms with Crippen LogP contribution in [0.25, 0.3) is 11.3 Å². The van der Waals surface area contributed by atoms with Gasteiger partial charge in [0.15, 0.2) is 9.84 Å². The number of nitrogens with zero attached hydrogens (tertiary/aromatic N) is 2. The summed E-state index contributed by atoms with van der Waals surface area (Å²) in [6.45, 7) is 9.84. The van der Waals surface area contributed by atoms with E-state index in [1.165, 1.54) is 0 Å². The number of hydrogen-bond acceptors (Lipinski definition) is 5. The number of benzene rings is 2. The van der Waals surface area contributed by atoms with Crippen LogP contribution in [-0.2, 0) is 16.4 Å². The SMILES string of the molecule is [CH]c1ncc(-c2ccc(S(=O)(=O)C(C)C)cc2)nc1NCc1ccccc1. The van der Waals surface area contributed by atoms with Gasteiger partial charge in [-0.25, -0.2) is 13.4 Å². The van der Waals surface area contributed by atoms with Crippen molar-refractivity contribution in [3.05, 3.63) is 79.0 Å². The second-order valence-electron chi connectivity index (χ2n) is 6.45. The minimum Gasteiger partial charge on any atom is -0.364 e. The van der Waals surface area contributed by atoms with E-state index in [-0.39, 0.29) is 0 Å². The maximum Gasteiger partial charge on any atom is 0.180 e. The van der Waals surface area contributed by atoms with Gasteiger partial charge in [-0.2, -0.15) is 0 Å². The lowest BCUT2D eigenvalue weighted by Gasteiger charge is -2.11. The molecule has 138 valence electrons. The van der Waals surface area contributed by atoms with E-state index < -0.39 is 15.1 Å². The summed E-state index contributed by atoms with van der Waals surface area (Å²) in [4.78, 5) is 9.04. The first-order valence-corrected chi connectivity index (χ1v) is 10.2. The van der Waals surface area contributed by atoms with Crippen LogP contribution >= 0.6 is 0 Å². The van der Waals surface area contributed by atoms with Crippen LogP contribution in [0.4, 0.5) is 5.82 Å². The molecule has 0 atom stereocenters. The molecule has 1 N–H and O–H groups in total. The molecular formula is C21H21N3O2S. The maximum atomic E-state index is 12.2. The summed E-state index contributed by atoms with van der Waals surface area (Å²) in [6, 6.07) is 16.6. The van der Waals surface area contributed by atoms with Crippen molar-refractivity contribution in [1.82, 2.24) is 9.97 Å². The van der Waals surface area contributed by atoms with Crippen molar-refractivity contribution < 1.29 is 8.42 Å². The van der Waals surface area contributed by atoms with Crippen LogP contribution in [0.15, 0.2) is 65.7 Å². The second-order valence-corrected chi connectivity index (χ2v) is 8.95. The minimum atomic E-state index is -3.30. The molecule has 0 amide bonds. The first-order valence-electron chi connectivity index (χ1n) is 8.62. The lowest BCUT2D eigenvalue weighted by atomic mass is 10.1. The second kappa shape index (κ2) is 7.88. The first kappa shape index (κ1) is 19.0. The molecule has 2 radical (unpaired) electrons. The van der Waals surface area contributed by atoms with Crippen LogP contribution in [0.2, 0.25) is 0 Å². The average molecular weight is 379 g/mol. The Balaban J connectivity index is 1.83. The van der Waals surface area contributed by atoms with E-state index in [4.69, 9.17) is 6.92 Å². The van der Waals surface area contributed by atoms with Gasteiger partial charge in [-0.3, -0.25) is 4.98 Å². The number of aromatic nitrogens is 2. The Morgan fingerprint density at radius 1 is 1.04 bits per heavy atom. The Labute approximate surface area is 160 Å². The van der Waals surface area contributed by atoms with Crippen molar-refractivity contribution in [3.63, 3.8) is 0 Å². The summed E-state index contributed by atoms with van der Waals surface area (Å²) in [5.74, 6) is 0.496. The fourth-order valence-electron chi connectivity index (χ4n) is 2.54. The monoisotopic (exact) mass is 379 g/mol. The van der Waals surface area contributed by atoms with E-state index in [0.29, 0.717) is 28.6 Å². The van der Waals surface area contributed by atoms with Crippen LogP contribution in [0.3, 0.4) is 0 Å². The topological polar surface area (TPSA) is 72.0 Å². The molecule has 0 fully saturated rings. The van der Waals surface area contributed by atoms with Crippen molar-refractivity contribution >= 4 is 15.7 Å². The van der Waals surface area contributed by atoms with Gasteiger partial charge in [0, 0.05) is 19.0 Å². The highest BCUT2D eigenvalue weighted by molar-refractivity contribution is 7.92. The maximum absolute atomic E-state index is 12.2. The van der Waals surface area contributed by atoms with Crippen molar-refractivity contribution in [2.24, 2.45) is 0 Å². The molecule has 3 aromatic rings. The molecule has 2 aromatic carbocycles. The van der Waals surface area contributed by atoms with Gasteiger partial charge in [0.2, 0.25) is 0 Å². The predicted molar refractivity (Wildman–Crippen MR) is 107 cm³/mol. The normalized spacial score (nSPS) is 11.6. The Bertz CT molecular complexity index is 1020. The van der Waals surface area contributed by atoms with E-state index in [2.05, 4.69) is 15.3 Å². The van der Waals surface area contributed by atoms with E-state index in [0.717, 1.165) is 11.1 Å². The van der Waals surface area contributed by atoms with Gasteiger partial charge >= 0.3 is 0 Å². The Morgan fingerprint density at radius 3 is 2.33 bits per heavy atom. The highest BCUT2D eigenvalue weighted by atomic mass is 32.2. The smallest absolute Gasteiger partial charge is 0.180 e. The molecule has 1 heterocycles. The van der Waals surface area contributed by atoms with E-state index in [1.807, 2.05) is 30.3 Å². The van der Waals surface area contributed by atoms with Crippen molar-refractivity contribution in [2.45, 2.75) is 30.5 Å². The van der Waals surface area contributed by atoms with Crippen molar-refractivity contribution in [1.29, 1.82) is 0 Å². The summed E-state index contributed by atoms with van der Waals surface area (Å²) < 4.78 is 24.5. The fourth-order valence-corrected chi connectivity index (χ4v) is 3.60. The molecule has 0 saturated heterocycles. The van der Waals surface area contributed by atoms with Gasteiger partial charge < -0.3 is 5.32 Å². The molecule has 0 unspecified atom stereocenters. The highest BCUT2D eigenvalue weighted by Gasteiger charge is 2.19. The quantitative estimate of drug-likeness (QED) is 0.701. The van der Waals surface area contributed by atoms with E-state index >= 15 is 0 Å². The zero-order chi connectivity index (χ0) is 19.4. The third kappa shape index (κ3) is 4.34. The first-order chi connectivity index (χ1) is 12.9. The molecule has 1 aromatic heterocycles. The van der Waals surface area contributed by atoms with Crippen molar-refractivity contribution in [3.8, 4) is 11.3 Å². The van der Waals surface area contributed by atoms with E-state index in [9.17, 15) is 8.42 Å². The molecule has 3 rings (SSSR count). The lowest BCUT2D eigenvalue weighted by Crippen LogP contribution is -2.13. The zero-order valence-electron chi connectivity index (χ0n) is 15.3. The Kier molecular flexibility index (Phi) is 5.56. The number of anilines is 1. The number of nitrogens with one attached hydrogen (secondary N) is 1. The molecule has 0 bridgehead atoms. The van der Waals surface area contributed by atoms with Gasteiger partial charge in [-0.1, -0.05) is 42.5 Å². The number of sulfone groups is 1. The van der Waals surface area contributed by atoms with Gasteiger partial charge in [0.25, 0.3) is 0 Å². The third-order valence-electron chi connectivity index (χ3n) is 4.20. The molecule has 27 heavy (non-hydrogen) atoms. The van der Waals surface area contributed by atoms with Gasteiger partial charge in [-0.05, 0) is 31.5 Å². The lowest BCUT2D eigenvalue weighted by molar-refractivity contribution is 0.587. The average Bonchev–Trinajstić information content (AvgIpc) is 2.68. The van der Waals surface area contributed by atoms with Crippen LogP contribution in [0.5, 0.6) is 0 Å². The van der Waals surface area contributed by atoms with Gasteiger partial charge in [0.05, 0.1) is 27.7 Å². The van der Waals surface area contributed by atoms with Gasteiger partial charge in [0.1, 0.15) is 5.82 Å². The van der Waals surface area contributed by atoms with Crippen LogP contribution in [0.1, 0.15) is 25.1 Å². The number of rotatable bonds is 6. The third-order valence-corrected chi connectivity index (χ3v) is 6.37. The molecule has 0 aliphatic rings. The van der Waals surface area contributed by atoms with Crippen LogP contribution in [0, 0.1) is 6.92 Å². The molecule has 6 heteroatoms. The zero-order valence-corrected chi connectivity index (χ0v) is 16.1. The molecule has 0 spiro atoms. The fraction of sp³-hybridized carbons (Fsp3) is 0.190. The van der Waals surface area contributed by atoms with E-state index in [1.54, 1.807) is 44.3 Å². The molecule has 5 nitrogen and oxygen atoms in total. The predicted octanol–water partition coefficient (Wildman–Crippen LogP) is 4.00. The standard InChI is InChI=1S/C21H21N3O2S/c1-15(2)27(25,26)19-11-9-18(10-12-19)20-14-22-16(3)21(24-20)23-13-17-7-5-4-6-8-17/h3-12,14-15H,13H2,1-2H3,(H,23,24). The summed E-state index contributed by atoms with van der Waals surface area (Å²) in [6.07, 6.45) is 1.58. The van der Waals surface area contributed by atoms with Crippen LogP contribution in [-0.4, -0.2) is 23.6 Å². The molecule has 0 aliphatic carbocycles. The van der Waals surface area contributed by atoms with Gasteiger partial charge in [-0.15, -0.1) is 0 Å². The molecule has 0 saturated carbocycles. The minimum absolute atomic E-state index is 0.298. The summed E-state index contributed by atoms with van der Waals surface area (Å²) in [7, 11) is -3.30. The summed E-state index contributed by atoms with van der Waals surface area (Å²) >= 11 is 0. The van der Waals surface area contributed by atoms with Crippen molar-refractivity contribution in [2.75, 3.05) is 5.32 Å². The van der Waals surface area contributed by atoms with Crippen LogP contribution < -0.4 is 5.32 Å².